The Balaban J connectivity index is 1.78. The predicted octanol–water partition coefficient (Wildman–Crippen LogP) is 2.29. The maximum absolute atomic E-state index is 13.4. The summed E-state index contributed by atoms with van der Waals surface area (Å²) in [6.07, 6.45) is 3.25. The first-order chi connectivity index (χ1) is 13.6. The third-order valence-corrected chi connectivity index (χ3v) is 5.42. The molecule has 0 saturated heterocycles. The Morgan fingerprint density at radius 1 is 1.28 bits per heavy atom. The second-order valence-corrected chi connectivity index (χ2v) is 7.86. The van der Waals surface area contributed by atoms with Crippen molar-refractivity contribution >= 4 is 11.9 Å². The molecule has 1 aliphatic carbocycles. The maximum Gasteiger partial charge on any atom is 0.324 e. The van der Waals surface area contributed by atoms with E-state index in [0.717, 1.165) is 6.07 Å². The molecule has 1 unspecified atom stereocenters. The average molecular weight is 407 g/mol. The summed E-state index contributed by atoms with van der Waals surface area (Å²) in [5.41, 5.74) is -0.379. The fourth-order valence-corrected chi connectivity index (χ4v) is 3.85. The van der Waals surface area contributed by atoms with E-state index in [1.165, 1.54) is 24.7 Å². The van der Waals surface area contributed by atoms with Crippen LogP contribution >= 0.6 is 0 Å². The van der Waals surface area contributed by atoms with E-state index in [-0.39, 0.29) is 24.8 Å². The van der Waals surface area contributed by atoms with Gasteiger partial charge in [-0.15, -0.1) is 0 Å². The van der Waals surface area contributed by atoms with E-state index in [1.54, 1.807) is 4.57 Å². The highest BCUT2D eigenvalue weighted by molar-refractivity contribution is 5.85. The number of carboxylic acid groups (broad SMARTS) is 2. The molecule has 3 N–H and O–H groups in total. The molecule has 1 heterocycles. The van der Waals surface area contributed by atoms with E-state index in [2.05, 4.69) is 10.3 Å². The quantitative estimate of drug-likeness (QED) is 0.589. The molecule has 3 atom stereocenters. The van der Waals surface area contributed by atoms with Crippen molar-refractivity contribution in [3.05, 3.63) is 53.6 Å². The molecular formula is C20H23F2N3O4. The summed E-state index contributed by atoms with van der Waals surface area (Å²) in [4.78, 5) is 27.6. The summed E-state index contributed by atoms with van der Waals surface area (Å²) in [7, 11) is 0. The molecule has 2 aromatic rings. The van der Waals surface area contributed by atoms with Gasteiger partial charge in [0.2, 0.25) is 0 Å². The topological polar surface area (TPSA) is 104 Å². The third kappa shape index (κ3) is 4.45. The van der Waals surface area contributed by atoms with E-state index in [4.69, 9.17) is 0 Å². The zero-order valence-electron chi connectivity index (χ0n) is 16.1. The van der Waals surface area contributed by atoms with Gasteiger partial charge >= 0.3 is 11.9 Å². The number of nitrogens with one attached hydrogen (secondary N) is 1. The van der Waals surface area contributed by atoms with Gasteiger partial charge in [-0.1, -0.05) is 13.8 Å². The molecular weight excluding hydrogens is 384 g/mol. The van der Waals surface area contributed by atoms with E-state index in [9.17, 15) is 28.6 Å². The van der Waals surface area contributed by atoms with Crippen molar-refractivity contribution in [2.75, 3.05) is 0 Å². The van der Waals surface area contributed by atoms with Gasteiger partial charge in [-0.2, -0.15) is 0 Å². The highest BCUT2D eigenvalue weighted by Crippen LogP contribution is 2.49. The van der Waals surface area contributed by atoms with E-state index >= 15 is 0 Å². The zero-order chi connectivity index (χ0) is 21.3. The molecule has 1 fully saturated rings. The minimum Gasteiger partial charge on any atom is -0.480 e. The molecule has 0 spiro atoms. The van der Waals surface area contributed by atoms with E-state index in [1.807, 2.05) is 13.8 Å². The van der Waals surface area contributed by atoms with Crippen molar-refractivity contribution in [1.29, 1.82) is 0 Å². The van der Waals surface area contributed by atoms with Gasteiger partial charge in [0.15, 0.2) is 0 Å². The van der Waals surface area contributed by atoms with Crippen molar-refractivity contribution in [3.63, 3.8) is 0 Å². The van der Waals surface area contributed by atoms with Crippen LogP contribution in [0.4, 0.5) is 8.78 Å². The number of rotatable bonds is 9. The number of carboxylic acids is 2. The largest absolute Gasteiger partial charge is 0.480 e. The lowest BCUT2D eigenvalue weighted by molar-refractivity contribution is -0.144. The van der Waals surface area contributed by atoms with Gasteiger partial charge in [0.25, 0.3) is 0 Å². The Bertz CT molecular complexity index is 910. The number of aliphatic carboxylic acids is 2. The lowest BCUT2D eigenvalue weighted by Gasteiger charge is -2.22. The lowest BCUT2D eigenvalue weighted by Crippen LogP contribution is -2.52. The van der Waals surface area contributed by atoms with Crippen LogP contribution in [0.25, 0.3) is 0 Å². The molecule has 1 saturated carbocycles. The molecule has 29 heavy (non-hydrogen) atoms. The SMILES string of the molecule is CC(C)C1C[C@]1(N[C@@H](Cc1cncn1Cc1cc(F)cc(F)c1)C(=O)O)C(=O)O. The van der Waals surface area contributed by atoms with Crippen LogP contribution in [0, 0.1) is 23.5 Å². The number of aromatic nitrogens is 2. The smallest absolute Gasteiger partial charge is 0.324 e. The number of benzene rings is 1. The number of nitrogens with zero attached hydrogens (tertiary/aromatic N) is 2. The summed E-state index contributed by atoms with van der Waals surface area (Å²) in [5, 5.41) is 22.1. The third-order valence-electron chi connectivity index (χ3n) is 5.42. The first kappa shape index (κ1) is 20.9. The molecule has 1 aliphatic rings. The fraction of sp³-hybridized carbons (Fsp3) is 0.450. The molecule has 156 valence electrons. The maximum atomic E-state index is 13.4. The normalized spacial score (nSPS) is 21.9. The Labute approximate surface area is 166 Å². The van der Waals surface area contributed by atoms with Crippen LogP contribution in [-0.2, 0) is 22.6 Å². The minimum atomic E-state index is -1.26. The minimum absolute atomic E-state index is 0.0209. The molecule has 0 bridgehead atoms. The lowest BCUT2D eigenvalue weighted by atomic mass is 10.0. The summed E-state index contributed by atoms with van der Waals surface area (Å²) in [6.45, 7) is 3.91. The Morgan fingerprint density at radius 3 is 2.45 bits per heavy atom. The second-order valence-electron chi connectivity index (χ2n) is 7.86. The Kier molecular flexibility index (Phi) is 5.70. The van der Waals surface area contributed by atoms with Gasteiger partial charge in [0, 0.05) is 30.9 Å². The number of hydrogen-bond acceptors (Lipinski definition) is 4. The van der Waals surface area contributed by atoms with Crippen molar-refractivity contribution in [1.82, 2.24) is 14.9 Å². The molecule has 7 nitrogen and oxygen atoms in total. The monoisotopic (exact) mass is 407 g/mol. The van der Waals surface area contributed by atoms with Gasteiger partial charge in [-0.25, -0.2) is 13.8 Å². The second kappa shape index (κ2) is 7.90. The van der Waals surface area contributed by atoms with Crippen molar-refractivity contribution < 1.29 is 28.6 Å². The molecule has 0 radical (unpaired) electrons. The van der Waals surface area contributed by atoms with Crippen molar-refractivity contribution in [2.45, 2.75) is 44.8 Å². The van der Waals surface area contributed by atoms with Crippen LogP contribution in [0.3, 0.4) is 0 Å². The first-order valence-corrected chi connectivity index (χ1v) is 9.30. The van der Waals surface area contributed by atoms with E-state index < -0.39 is 35.2 Å². The zero-order valence-corrected chi connectivity index (χ0v) is 16.1. The van der Waals surface area contributed by atoms with Gasteiger partial charge in [0.1, 0.15) is 23.2 Å². The Morgan fingerprint density at radius 2 is 1.93 bits per heavy atom. The highest BCUT2D eigenvalue weighted by Gasteiger charge is 2.62. The summed E-state index contributed by atoms with van der Waals surface area (Å²) in [5.74, 6) is -3.70. The summed E-state index contributed by atoms with van der Waals surface area (Å²) in [6, 6.07) is 2.01. The molecule has 9 heteroatoms. The predicted molar refractivity (Wildman–Crippen MR) is 99.3 cm³/mol. The summed E-state index contributed by atoms with van der Waals surface area (Å²) < 4.78 is 28.5. The van der Waals surface area contributed by atoms with Gasteiger partial charge < -0.3 is 14.8 Å². The van der Waals surface area contributed by atoms with Crippen LogP contribution in [0.1, 0.15) is 31.5 Å². The molecule has 0 amide bonds. The standard InChI is InChI=1S/C20H23F2N3O4/c1-11(2)16-7-20(16,19(28)29)24-17(18(26)27)6-15-8-23-10-25(15)9-12-3-13(21)5-14(22)4-12/h3-5,8,10-11,16-17,24H,6-7,9H2,1-2H3,(H,26,27)(H,28,29)/t16?,17-,20+/m0/s1. The van der Waals surface area contributed by atoms with Crippen molar-refractivity contribution in [2.24, 2.45) is 11.8 Å². The molecule has 0 aliphatic heterocycles. The number of halogens is 2. The van der Waals surface area contributed by atoms with Gasteiger partial charge in [0.05, 0.1) is 6.33 Å². The van der Waals surface area contributed by atoms with Gasteiger partial charge in [-0.3, -0.25) is 14.9 Å². The molecule has 1 aromatic heterocycles. The number of imidazole rings is 1. The van der Waals surface area contributed by atoms with E-state index in [0.29, 0.717) is 17.7 Å². The van der Waals surface area contributed by atoms with Gasteiger partial charge in [-0.05, 0) is 36.0 Å². The first-order valence-electron chi connectivity index (χ1n) is 9.30. The Hall–Kier alpha value is -2.81. The summed E-state index contributed by atoms with van der Waals surface area (Å²) >= 11 is 0. The average Bonchev–Trinajstić information content (AvgIpc) is 3.20. The van der Waals surface area contributed by atoms with Crippen molar-refractivity contribution in [3.8, 4) is 0 Å². The number of hydrogen-bond donors (Lipinski definition) is 3. The molecule has 1 aromatic carbocycles. The molecule has 3 rings (SSSR count). The fourth-order valence-electron chi connectivity index (χ4n) is 3.85. The van der Waals surface area contributed by atoms with Crippen LogP contribution in [0.5, 0.6) is 0 Å². The van der Waals surface area contributed by atoms with Crippen LogP contribution in [0.15, 0.2) is 30.7 Å². The van der Waals surface area contributed by atoms with Crippen LogP contribution in [0.2, 0.25) is 0 Å². The van der Waals surface area contributed by atoms with Crippen LogP contribution in [-0.4, -0.2) is 43.3 Å². The highest BCUT2D eigenvalue weighted by atomic mass is 19.1. The van der Waals surface area contributed by atoms with Crippen LogP contribution < -0.4 is 5.32 Å². The number of carbonyl (C=O) groups is 2.